The maximum Gasteiger partial charge on any atom is 0.124 e. The maximum absolute atomic E-state index is 5.58. The van der Waals surface area contributed by atoms with Gasteiger partial charge in [-0.2, -0.15) is 0 Å². The monoisotopic (exact) mass is 158 g/mol. The molecule has 0 saturated carbocycles. The van der Waals surface area contributed by atoms with Crippen LogP contribution in [0.25, 0.3) is 10.9 Å². The van der Waals surface area contributed by atoms with Crippen LogP contribution < -0.4 is 5.73 Å². The Hall–Kier alpha value is -1.57. The van der Waals surface area contributed by atoms with E-state index in [1.54, 1.807) is 0 Å². The van der Waals surface area contributed by atoms with E-state index < -0.39 is 0 Å². The summed E-state index contributed by atoms with van der Waals surface area (Å²) in [7, 11) is 0. The molecule has 0 spiro atoms. The highest BCUT2D eigenvalue weighted by Gasteiger charge is 1.97. The van der Waals surface area contributed by atoms with E-state index in [1.165, 1.54) is 5.56 Å². The predicted molar refractivity (Wildman–Crippen MR) is 50.9 cm³/mol. The molecule has 2 heteroatoms. The number of hydrogen-bond donors (Lipinski definition) is 1. The lowest BCUT2D eigenvalue weighted by Crippen LogP contribution is -1.90. The van der Waals surface area contributed by atoms with Gasteiger partial charge in [0.2, 0.25) is 0 Å². The summed E-state index contributed by atoms with van der Waals surface area (Å²) in [6, 6.07) is 9.91. The zero-order chi connectivity index (χ0) is 8.55. The minimum atomic E-state index is 0.580. The molecule has 0 saturated heterocycles. The molecule has 2 nitrogen and oxygen atoms in total. The molecule has 0 amide bonds. The van der Waals surface area contributed by atoms with E-state index in [1.807, 2.05) is 37.3 Å². The van der Waals surface area contributed by atoms with Gasteiger partial charge in [-0.1, -0.05) is 18.2 Å². The van der Waals surface area contributed by atoms with Gasteiger partial charge in [-0.05, 0) is 24.6 Å². The molecule has 60 valence electrons. The van der Waals surface area contributed by atoms with Crippen molar-refractivity contribution in [2.75, 3.05) is 5.73 Å². The van der Waals surface area contributed by atoms with E-state index in [-0.39, 0.29) is 0 Å². The van der Waals surface area contributed by atoms with Crippen molar-refractivity contribution in [2.45, 2.75) is 6.92 Å². The zero-order valence-electron chi connectivity index (χ0n) is 6.91. The Bertz CT molecular complexity index is 421. The average Bonchev–Trinajstić information content (AvgIpc) is 2.07. The summed E-state index contributed by atoms with van der Waals surface area (Å²) in [5.74, 6) is 0.580. The second kappa shape index (κ2) is 2.48. The van der Waals surface area contributed by atoms with Crippen molar-refractivity contribution >= 4 is 16.7 Å². The summed E-state index contributed by atoms with van der Waals surface area (Å²) in [4.78, 5) is 4.25. The number of benzene rings is 1. The fraction of sp³-hybridized carbons (Fsp3) is 0.100. The number of fused-ring (bicyclic) bond motifs is 1. The molecule has 0 bridgehead atoms. The first-order chi connectivity index (χ1) is 5.77. The van der Waals surface area contributed by atoms with Crippen molar-refractivity contribution in [2.24, 2.45) is 0 Å². The van der Waals surface area contributed by atoms with Crippen LogP contribution in [-0.2, 0) is 0 Å². The van der Waals surface area contributed by atoms with E-state index >= 15 is 0 Å². The summed E-state index contributed by atoms with van der Waals surface area (Å²) in [6.07, 6.45) is 0. The minimum absolute atomic E-state index is 0.580. The van der Waals surface area contributed by atoms with Crippen LogP contribution in [0.5, 0.6) is 0 Å². The Morgan fingerprint density at radius 2 is 2.00 bits per heavy atom. The Morgan fingerprint density at radius 1 is 1.17 bits per heavy atom. The molecule has 2 rings (SSSR count). The van der Waals surface area contributed by atoms with Crippen LogP contribution in [0, 0.1) is 6.92 Å². The van der Waals surface area contributed by atoms with Gasteiger partial charge in [-0.15, -0.1) is 0 Å². The number of rotatable bonds is 0. The SMILES string of the molecule is Cc1cccc2ccc(N)nc12. The Morgan fingerprint density at radius 3 is 2.83 bits per heavy atom. The van der Waals surface area contributed by atoms with Crippen LogP contribution in [-0.4, -0.2) is 4.98 Å². The van der Waals surface area contributed by atoms with Crippen LogP contribution in [0.2, 0.25) is 0 Å². The molecule has 2 N–H and O–H groups in total. The lowest BCUT2D eigenvalue weighted by atomic mass is 10.1. The highest BCUT2D eigenvalue weighted by Crippen LogP contribution is 2.16. The van der Waals surface area contributed by atoms with Crippen molar-refractivity contribution in [1.29, 1.82) is 0 Å². The highest BCUT2D eigenvalue weighted by atomic mass is 14.8. The van der Waals surface area contributed by atoms with Gasteiger partial charge in [0, 0.05) is 5.39 Å². The summed E-state index contributed by atoms with van der Waals surface area (Å²) >= 11 is 0. The third kappa shape index (κ3) is 1.01. The van der Waals surface area contributed by atoms with E-state index in [0.29, 0.717) is 5.82 Å². The van der Waals surface area contributed by atoms with Crippen LogP contribution in [0.15, 0.2) is 30.3 Å². The molecule has 1 aromatic carbocycles. The first-order valence-electron chi connectivity index (χ1n) is 3.89. The van der Waals surface area contributed by atoms with Gasteiger partial charge < -0.3 is 5.73 Å². The van der Waals surface area contributed by atoms with Crippen molar-refractivity contribution in [1.82, 2.24) is 4.98 Å². The fourth-order valence-electron chi connectivity index (χ4n) is 1.31. The molecule has 0 aliphatic carbocycles. The van der Waals surface area contributed by atoms with Gasteiger partial charge in [0.15, 0.2) is 0 Å². The smallest absolute Gasteiger partial charge is 0.124 e. The molecule has 0 atom stereocenters. The van der Waals surface area contributed by atoms with E-state index in [2.05, 4.69) is 4.98 Å². The largest absolute Gasteiger partial charge is 0.384 e. The number of nitrogens with zero attached hydrogens (tertiary/aromatic N) is 1. The number of nitrogens with two attached hydrogens (primary N) is 1. The van der Waals surface area contributed by atoms with E-state index in [9.17, 15) is 0 Å². The second-order valence-corrected chi connectivity index (χ2v) is 2.88. The number of nitrogen functional groups attached to an aromatic ring is 1. The topological polar surface area (TPSA) is 38.9 Å². The van der Waals surface area contributed by atoms with Gasteiger partial charge in [-0.25, -0.2) is 4.98 Å². The van der Waals surface area contributed by atoms with Crippen molar-refractivity contribution in [3.05, 3.63) is 35.9 Å². The predicted octanol–water partition coefficient (Wildman–Crippen LogP) is 2.13. The van der Waals surface area contributed by atoms with Gasteiger partial charge in [0.05, 0.1) is 5.52 Å². The van der Waals surface area contributed by atoms with Crippen LogP contribution in [0.3, 0.4) is 0 Å². The first kappa shape index (κ1) is 7.10. The molecule has 0 aliphatic rings. The number of aromatic nitrogens is 1. The van der Waals surface area contributed by atoms with Crippen molar-refractivity contribution in [3.8, 4) is 0 Å². The van der Waals surface area contributed by atoms with Crippen molar-refractivity contribution in [3.63, 3.8) is 0 Å². The molecule has 2 aromatic rings. The summed E-state index contributed by atoms with van der Waals surface area (Å²) in [5.41, 5.74) is 7.75. The van der Waals surface area contributed by atoms with Gasteiger partial charge in [0.1, 0.15) is 5.82 Å². The van der Waals surface area contributed by atoms with E-state index in [4.69, 9.17) is 5.73 Å². The summed E-state index contributed by atoms with van der Waals surface area (Å²) in [6.45, 7) is 2.04. The van der Waals surface area contributed by atoms with Gasteiger partial charge >= 0.3 is 0 Å². The second-order valence-electron chi connectivity index (χ2n) is 2.88. The normalized spacial score (nSPS) is 10.4. The fourth-order valence-corrected chi connectivity index (χ4v) is 1.31. The summed E-state index contributed by atoms with van der Waals surface area (Å²) < 4.78 is 0. The number of hydrogen-bond acceptors (Lipinski definition) is 2. The highest BCUT2D eigenvalue weighted by molar-refractivity contribution is 5.82. The van der Waals surface area contributed by atoms with Crippen LogP contribution in [0.4, 0.5) is 5.82 Å². The lowest BCUT2D eigenvalue weighted by Gasteiger charge is -2.00. The van der Waals surface area contributed by atoms with E-state index in [0.717, 1.165) is 10.9 Å². The molecular weight excluding hydrogens is 148 g/mol. The minimum Gasteiger partial charge on any atom is -0.384 e. The molecule has 1 heterocycles. The molecule has 12 heavy (non-hydrogen) atoms. The van der Waals surface area contributed by atoms with Crippen LogP contribution >= 0.6 is 0 Å². The van der Waals surface area contributed by atoms with Crippen molar-refractivity contribution < 1.29 is 0 Å². The van der Waals surface area contributed by atoms with Crippen LogP contribution in [0.1, 0.15) is 5.56 Å². The standard InChI is InChI=1S/C10H10N2/c1-7-3-2-4-8-5-6-9(11)12-10(7)8/h2-6H,1H3,(H2,11,12). The maximum atomic E-state index is 5.58. The third-order valence-corrected chi connectivity index (χ3v) is 1.94. The molecule has 0 aliphatic heterocycles. The zero-order valence-corrected chi connectivity index (χ0v) is 6.91. The molecular formula is C10H10N2. The average molecular weight is 158 g/mol. The Labute approximate surface area is 71.0 Å². The van der Waals surface area contributed by atoms with Gasteiger partial charge in [-0.3, -0.25) is 0 Å². The number of para-hydroxylation sites is 1. The third-order valence-electron chi connectivity index (χ3n) is 1.94. The Balaban J connectivity index is 2.88. The molecule has 0 radical (unpaired) electrons. The molecule has 0 fully saturated rings. The number of aryl methyl sites for hydroxylation is 1. The van der Waals surface area contributed by atoms with Gasteiger partial charge in [0.25, 0.3) is 0 Å². The number of pyridine rings is 1. The molecule has 1 aromatic heterocycles. The Kier molecular flexibility index (Phi) is 1.47. The number of anilines is 1. The lowest BCUT2D eigenvalue weighted by molar-refractivity contribution is 1.37. The summed E-state index contributed by atoms with van der Waals surface area (Å²) in [5, 5.41) is 1.14. The quantitative estimate of drug-likeness (QED) is 0.637. The molecule has 0 unspecified atom stereocenters. The first-order valence-corrected chi connectivity index (χ1v) is 3.89.